The van der Waals surface area contributed by atoms with E-state index in [9.17, 15) is 35.9 Å². The molecule has 1 saturated heterocycles. The van der Waals surface area contributed by atoms with Crippen LogP contribution in [0, 0.1) is 0 Å². The second-order valence-corrected chi connectivity index (χ2v) is 8.92. The standard InChI is InChI=1S/C25H24F6N4O2.ClH/c1-32-22(36)14-34-6-7-35(19(13-34)10-16-12-33-21-5-3-2-4-20(16)21)23(37)15-8-17(24(26,27)28)11-18(9-15)25(29,30)31;/h2-5,8-9,11-12,19,33H,6-7,10,13-14H2,1H3,(H,32,36);1H/t19-;/m1./s1. The smallest absolute Gasteiger partial charge is 0.361 e. The van der Waals surface area contributed by atoms with E-state index in [1.807, 2.05) is 24.3 Å². The quantitative estimate of drug-likeness (QED) is 0.441. The number of benzene rings is 2. The largest absolute Gasteiger partial charge is 0.416 e. The van der Waals surface area contributed by atoms with Crippen molar-refractivity contribution < 1.29 is 35.9 Å². The van der Waals surface area contributed by atoms with Gasteiger partial charge in [-0.1, -0.05) is 18.2 Å². The summed E-state index contributed by atoms with van der Waals surface area (Å²) in [5.74, 6) is -1.18. The Kier molecular flexibility index (Phi) is 8.67. The molecule has 3 aromatic rings. The minimum absolute atomic E-state index is 0. The van der Waals surface area contributed by atoms with Crippen LogP contribution in [0.15, 0.2) is 48.7 Å². The van der Waals surface area contributed by atoms with Crippen molar-refractivity contribution in [1.29, 1.82) is 0 Å². The monoisotopic (exact) mass is 562 g/mol. The van der Waals surface area contributed by atoms with Crippen molar-refractivity contribution in [1.82, 2.24) is 20.1 Å². The van der Waals surface area contributed by atoms with E-state index in [1.165, 1.54) is 11.9 Å². The van der Waals surface area contributed by atoms with Crippen LogP contribution in [0.4, 0.5) is 26.3 Å². The van der Waals surface area contributed by atoms with Gasteiger partial charge < -0.3 is 15.2 Å². The zero-order valence-electron chi connectivity index (χ0n) is 20.1. The highest BCUT2D eigenvalue weighted by atomic mass is 35.5. The normalized spacial score (nSPS) is 16.8. The Labute approximate surface area is 220 Å². The van der Waals surface area contributed by atoms with Crippen LogP contribution in [0.1, 0.15) is 27.0 Å². The van der Waals surface area contributed by atoms with Crippen molar-refractivity contribution in [2.75, 3.05) is 33.2 Å². The Morgan fingerprint density at radius 2 is 1.63 bits per heavy atom. The maximum atomic E-state index is 13.4. The number of alkyl halides is 6. The van der Waals surface area contributed by atoms with E-state index < -0.39 is 41.0 Å². The maximum Gasteiger partial charge on any atom is 0.416 e. The predicted molar refractivity (Wildman–Crippen MR) is 131 cm³/mol. The first kappa shape index (κ1) is 29.3. The van der Waals surface area contributed by atoms with Crippen LogP contribution in [0.2, 0.25) is 0 Å². The summed E-state index contributed by atoms with van der Waals surface area (Å²) in [5.41, 5.74) is -2.10. The molecule has 1 atom stereocenters. The number of aromatic nitrogens is 1. The van der Waals surface area contributed by atoms with Crippen molar-refractivity contribution >= 4 is 35.1 Å². The summed E-state index contributed by atoms with van der Waals surface area (Å²) in [4.78, 5) is 31.6. The summed E-state index contributed by atoms with van der Waals surface area (Å²) >= 11 is 0. The highest BCUT2D eigenvalue weighted by Crippen LogP contribution is 2.37. The fraction of sp³-hybridized carbons (Fsp3) is 0.360. The number of hydrogen-bond acceptors (Lipinski definition) is 3. The van der Waals surface area contributed by atoms with Gasteiger partial charge in [-0.05, 0) is 36.2 Å². The third-order valence-electron chi connectivity index (χ3n) is 6.44. The van der Waals surface area contributed by atoms with Gasteiger partial charge in [0, 0.05) is 55.4 Å². The molecule has 0 bridgehead atoms. The molecule has 206 valence electrons. The molecule has 0 saturated carbocycles. The number of H-pyrrole nitrogens is 1. The number of halogens is 7. The summed E-state index contributed by atoms with van der Waals surface area (Å²) in [5, 5.41) is 3.40. The number of likely N-dealkylation sites (N-methyl/N-ethyl adjacent to an activating group) is 1. The number of fused-ring (bicyclic) bond motifs is 1. The molecule has 2 heterocycles. The molecule has 1 aliphatic heterocycles. The lowest BCUT2D eigenvalue weighted by Gasteiger charge is -2.41. The van der Waals surface area contributed by atoms with Gasteiger partial charge in [-0.15, -0.1) is 12.4 Å². The van der Waals surface area contributed by atoms with E-state index in [-0.39, 0.29) is 57.0 Å². The fourth-order valence-corrected chi connectivity index (χ4v) is 4.59. The number of para-hydroxylation sites is 1. The Morgan fingerprint density at radius 1 is 1.00 bits per heavy atom. The Balaban J connectivity index is 0.00000400. The number of piperazine rings is 1. The molecule has 1 aliphatic rings. The minimum atomic E-state index is -5.06. The lowest BCUT2D eigenvalue weighted by atomic mass is 9.98. The van der Waals surface area contributed by atoms with Gasteiger partial charge in [-0.25, -0.2) is 0 Å². The zero-order chi connectivity index (χ0) is 27.0. The van der Waals surface area contributed by atoms with Crippen LogP contribution in [-0.4, -0.2) is 65.9 Å². The molecule has 2 amide bonds. The van der Waals surface area contributed by atoms with Gasteiger partial charge >= 0.3 is 12.4 Å². The highest BCUT2D eigenvalue weighted by molar-refractivity contribution is 5.95. The van der Waals surface area contributed by atoms with Gasteiger partial charge in [0.05, 0.1) is 17.7 Å². The van der Waals surface area contributed by atoms with Crippen molar-refractivity contribution in [2.24, 2.45) is 0 Å². The molecular formula is C25H25ClF6N4O2. The van der Waals surface area contributed by atoms with E-state index in [0.29, 0.717) is 12.1 Å². The van der Waals surface area contributed by atoms with E-state index in [0.717, 1.165) is 16.5 Å². The van der Waals surface area contributed by atoms with Crippen molar-refractivity contribution in [3.63, 3.8) is 0 Å². The van der Waals surface area contributed by atoms with Crippen LogP contribution >= 0.6 is 12.4 Å². The molecule has 6 nitrogen and oxygen atoms in total. The molecule has 4 rings (SSSR count). The molecule has 0 radical (unpaired) electrons. The van der Waals surface area contributed by atoms with Crippen molar-refractivity contribution in [2.45, 2.75) is 24.8 Å². The second-order valence-electron chi connectivity index (χ2n) is 8.92. The summed E-state index contributed by atoms with van der Waals surface area (Å²) in [7, 11) is 1.48. The molecule has 0 aliphatic carbocycles. The first-order chi connectivity index (χ1) is 17.4. The molecule has 2 N–H and O–H groups in total. The molecule has 1 aromatic heterocycles. The summed E-state index contributed by atoms with van der Waals surface area (Å²) in [6.45, 7) is 0.517. The van der Waals surface area contributed by atoms with Gasteiger partial charge in [0.1, 0.15) is 0 Å². The van der Waals surface area contributed by atoms with Gasteiger partial charge in [-0.3, -0.25) is 14.5 Å². The van der Waals surface area contributed by atoms with Crippen molar-refractivity contribution in [3.8, 4) is 0 Å². The molecule has 13 heteroatoms. The fourth-order valence-electron chi connectivity index (χ4n) is 4.59. The predicted octanol–water partition coefficient (Wildman–Crippen LogP) is 4.74. The van der Waals surface area contributed by atoms with Crippen LogP contribution in [0.25, 0.3) is 10.9 Å². The van der Waals surface area contributed by atoms with E-state index >= 15 is 0 Å². The van der Waals surface area contributed by atoms with E-state index in [4.69, 9.17) is 0 Å². The van der Waals surface area contributed by atoms with Gasteiger partial charge in [0.15, 0.2) is 0 Å². The average molecular weight is 563 g/mol. The number of nitrogens with zero attached hydrogens (tertiary/aromatic N) is 2. The van der Waals surface area contributed by atoms with Gasteiger partial charge in [0.25, 0.3) is 5.91 Å². The molecule has 1 fully saturated rings. The maximum absolute atomic E-state index is 13.4. The van der Waals surface area contributed by atoms with Gasteiger partial charge in [-0.2, -0.15) is 26.3 Å². The Bertz CT molecular complexity index is 1270. The van der Waals surface area contributed by atoms with Crippen molar-refractivity contribution in [3.05, 3.63) is 70.9 Å². The molecule has 38 heavy (non-hydrogen) atoms. The number of aromatic amines is 1. The third kappa shape index (κ3) is 6.41. The van der Waals surface area contributed by atoms with Gasteiger partial charge in [0.2, 0.25) is 5.91 Å². The minimum Gasteiger partial charge on any atom is -0.361 e. The number of carbonyl (C=O) groups excluding carboxylic acids is 2. The van der Waals surface area contributed by atoms with E-state index in [2.05, 4.69) is 10.3 Å². The molecular weight excluding hydrogens is 538 g/mol. The van der Waals surface area contributed by atoms with Crippen LogP contribution < -0.4 is 5.32 Å². The summed E-state index contributed by atoms with van der Waals surface area (Å²) in [6.07, 6.45) is -8.08. The second kappa shape index (κ2) is 11.2. The average Bonchev–Trinajstić information content (AvgIpc) is 3.25. The zero-order valence-corrected chi connectivity index (χ0v) is 20.9. The number of amides is 2. The number of carbonyl (C=O) groups is 2. The first-order valence-corrected chi connectivity index (χ1v) is 11.4. The third-order valence-corrected chi connectivity index (χ3v) is 6.44. The SMILES string of the molecule is CNC(=O)CN1CCN(C(=O)c2cc(C(F)(F)F)cc(C(F)(F)F)c2)[C@H](Cc2c[nH]c3ccccc23)C1.Cl. The lowest BCUT2D eigenvalue weighted by Crippen LogP contribution is -2.57. The summed E-state index contributed by atoms with van der Waals surface area (Å²) < 4.78 is 80.3. The van der Waals surface area contributed by atoms with Crippen LogP contribution in [0.3, 0.4) is 0 Å². The van der Waals surface area contributed by atoms with Crippen LogP contribution in [0.5, 0.6) is 0 Å². The Hall–Kier alpha value is -3.25. The Morgan fingerprint density at radius 3 is 2.24 bits per heavy atom. The molecule has 0 spiro atoms. The topological polar surface area (TPSA) is 68.4 Å². The number of hydrogen-bond donors (Lipinski definition) is 2. The summed E-state index contributed by atoms with van der Waals surface area (Å²) in [6, 6.07) is 7.73. The highest BCUT2D eigenvalue weighted by Gasteiger charge is 2.39. The molecule has 0 unspecified atom stereocenters. The van der Waals surface area contributed by atoms with Crippen LogP contribution in [-0.2, 0) is 23.6 Å². The number of nitrogens with one attached hydrogen (secondary N) is 2. The lowest BCUT2D eigenvalue weighted by molar-refractivity contribution is -0.143. The number of rotatable bonds is 5. The first-order valence-electron chi connectivity index (χ1n) is 11.4. The molecule has 2 aromatic carbocycles. The van der Waals surface area contributed by atoms with E-state index in [1.54, 1.807) is 11.1 Å².